The Morgan fingerprint density at radius 1 is 1.41 bits per heavy atom. The van der Waals surface area contributed by atoms with Gasteiger partial charge in [-0.25, -0.2) is 13.1 Å². The van der Waals surface area contributed by atoms with E-state index in [1.165, 1.54) is 6.20 Å². The second kappa shape index (κ2) is 5.97. The lowest BCUT2D eigenvalue weighted by molar-refractivity contribution is 0.551. The predicted molar refractivity (Wildman–Crippen MR) is 68.4 cm³/mol. The second-order valence-corrected chi connectivity index (χ2v) is 5.94. The average molecular weight is 257 g/mol. The quantitative estimate of drug-likeness (QED) is 0.809. The van der Waals surface area contributed by atoms with Gasteiger partial charge in [0.05, 0.1) is 5.69 Å². The van der Waals surface area contributed by atoms with Crippen LogP contribution in [-0.4, -0.2) is 27.0 Å². The number of pyridine rings is 1. The van der Waals surface area contributed by atoms with Crippen LogP contribution in [-0.2, 0) is 10.0 Å². The molecule has 5 nitrogen and oxygen atoms in total. The van der Waals surface area contributed by atoms with Gasteiger partial charge < -0.3 is 5.32 Å². The SMILES string of the molecule is CNc1ccncc1S(=O)(=O)NCCC(C)C. The van der Waals surface area contributed by atoms with Crippen LogP contribution in [0.25, 0.3) is 0 Å². The van der Waals surface area contributed by atoms with E-state index < -0.39 is 10.0 Å². The molecule has 0 atom stereocenters. The summed E-state index contributed by atoms with van der Waals surface area (Å²) in [6, 6.07) is 1.64. The molecule has 0 saturated heterocycles. The van der Waals surface area contributed by atoms with E-state index in [1.807, 2.05) is 0 Å². The van der Waals surface area contributed by atoms with E-state index in [0.29, 0.717) is 18.2 Å². The van der Waals surface area contributed by atoms with E-state index in [4.69, 9.17) is 0 Å². The summed E-state index contributed by atoms with van der Waals surface area (Å²) in [5, 5.41) is 2.84. The Bertz CT molecular complexity index is 458. The molecule has 1 heterocycles. The lowest BCUT2D eigenvalue weighted by Crippen LogP contribution is -2.26. The van der Waals surface area contributed by atoms with Crippen molar-refractivity contribution >= 4 is 15.7 Å². The number of anilines is 1. The summed E-state index contributed by atoms with van der Waals surface area (Å²) in [5.41, 5.74) is 0.553. The van der Waals surface area contributed by atoms with E-state index in [-0.39, 0.29) is 4.90 Å². The van der Waals surface area contributed by atoms with Gasteiger partial charge in [0, 0.05) is 26.0 Å². The molecule has 1 aromatic rings. The van der Waals surface area contributed by atoms with Crippen LogP contribution >= 0.6 is 0 Å². The number of sulfonamides is 1. The molecule has 17 heavy (non-hydrogen) atoms. The van der Waals surface area contributed by atoms with Gasteiger partial charge in [-0.15, -0.1) is 0 Å². The van der Waals surface area contributed by atoms with Crippen LogP contribution in [0.1, 0.15) is 20.3 Å². The van der Waals surface area contributed by atoms with Gasteiger partial charge in [-0.05, 0) is 18.4 Å². The van der Waals surface area contributed by atoms with Crippen LogP contribution in [0, 0.1) is 5.92 Å². The standard InChI is InChI=1S/C11H19N3O2S/c1-9(2)4-7-14-17(15,16)11-8-13-6-5-10(11)12-3/h5-6,8-9,14H,4,7H2,1-3H3,(H,12,13). The number of hydrogen-bond acceptors (Lipinski definition) is 4. The summed E-state index contributed by atoms with van der Waals surface area (Å²) >= 11 is 0. The van der Waals surface area contributed by atoms with Gasteiger partial charge in [0.1, 0.15) is 4.90 Å². The van der Waals surface area contributed by atoms with Crippen molar-refractivity contribution in [3.8, 4) is 0 Å². The molecule has 2 N–H and O–H groups in total. The molecule has 0 aliphatic carbocycles. The number of rotatable bonds is 6. The third-order valence-corrected chi connectivity index (χ3v) is 3.85. The maximum absolute atomic E-state index is 12.0. The maximum atomic E-state index is 12.0. The molecule has 0 radical (unpaired) electrons. The topological polar surface area (TPSA) is 71.1 Å². The number of aromatic nitrogens is 1. The van der Waals surface area contributed by atoms with E-state index in [0.717, 1.165) is 6.42 Å². The van der Waals surface area contributed by atoms with Crippen molar-refractivity contribution in [2.45, 2.75) is 25.2 Å². The molecule has 0 unspecified atom stereocenters. The monoisotopic (exact) mass is 257 g/mol. The Hall–Kier alpha value is -1.14. The Morgan fingerprint density at radius 3 is 2.71 bits per heavy atom. The first-order valence-corrected chi connectivity index (χ1v) is 7.07. The molecule has 0 aliphatic heterocycles. The van der Waals surface area contributed by atoms with Crippen molar-refractivity contribution < 1.29 is 8.42 Å². The lowest BCUT2D eigenvalue weighted by Gasteiger charge is -2.11. The molecule has 0 bridgehead atoms. The van der Waals surface area contributed by atoms with Gasteiger partial charge in [0.25, 0.3) is 0 Å². The molecular formula is C11H19N3O2S. The zero-order valence-corrected chi connectivity index (χ0v) is 11.2. The third-order valence-electron chi connectivity index (χ3n) is 2.36. The molecule has 96 valence electrons. The summed E-state index contributed by atoms with van der Waals surface area (Å²) in [6.07, 6.45) is 3.72. The van der Waals surface area contributed by atoms with Gasteiger partial charge in [0.2, 0.25) is 10.0 Å². The van der Waals surface area contributed by atoms with E-state index >= 15 is 0 Å². The molecule has 0 aliphatic rings. The largest absolute Gasteiger partial charge is 0.387 e. The normalized spacial score (nSPS) is 11.8. The highest BCUT2D eigenvalue weighted by atomic mass is 32.2. The van der Waals surface area contributed by atoms with E-state index in [1.54, 1.807) is 19.3 Å². The minimum Gasteiger partial charge on any atom is -0.387 e. The Morgan fingerprint density at radius 2 is 2.12 bits per heavy atom. The van der Waals surface area contributed by atoms with Gasteiger partial charge in [0.15, 0.2) is 0 Å². The molecule has 0 fully saturated rings. The van der Waals surface area contributed by atoms with Crippen LogP contribution in [0.15, 0.2) is 23.4 Å². The number of nitrogens with one attached hydrogen (secondary N) is 2. The molecule has 0 amide bonds. The molecule has 0 aromatic carbocycles. The van der Waals surface area contributed by atoms with Gasteiger partial charge in [-0.1, -0.05) is 13.8 Å². The molecule has 0 saturated carbocycles. The first kappa shape index (κ1) is 13.9. The zero-order valence-electron chi connectivity index (χ0n) is 10.4. The minimum atomic E-state index is -3.47. The Labute approximate surface area is 103 Å². The van der Waals surface area contributed by atoms with Gasteiger partial charge in [-0.2, -0.15) is 0 Å². The third kappa shape index (κ3) is 3.98. The van der Waals surface area contributed by atoms with E-state index in [2.05, 4.69) is 28.9 Å². The fraction of sp³-hybridized carbons (Fsp3) is 0.545. The lowest BCUT2D eigenvalue weighted by atomic mass is 10.1. The first-order chi connectivity index (χ1) is 7.97. The summed E-state index contributed by atoms with van der Waals surface area (Å²) in [5.74, 6) is 0.468. The smallest absolute Gasteiger partial charge is 0.244 e. The highest BCUT2D eigenvalue weighted by molar-refractivity contribution is 7.89. The van der Waals surface area contributed by atoms with Crippen LogP contribution in [0.4, 0.5) is 5.69 Å². The second-order valence-electron chi connectivity index (χ2n) is 4.20. The molecule has 1 rings (SSSR count). The minimum absolute atomic E-state index is 0.186. The van der Waals surface area contributed by atoms with Crippen molar-refractivity contribution in [1.82, 2.24) is 9.71 Å². The summed E-state index contributed by atoms with van der Waals surface area (Å²) in [6.45, 7) is 4.55. The summed E-state index contributed by atoms with van der Waals surface area (Å²) < 4.78 is 26.6. The Kier molecular flexibility index (Phi) is 4.89. The molecule has 0 spiro atoms. The predicted octanol–water partition coefficient (Wildman–Crippen LogP) is 1.45. The summed E-state index contributed by atoms with van der Waals surface area (Å²) in [4.78, 5) is 4.03. The average Bonchev–Trinajstić information content (AvgIpc) is 2.28. The molecular weight excluding hydrogens is 238 g/mol. The van der Waals surface area contributed by atoms with Crippen LogP contribution in [0.3, 0.4) is 0 Å². The number of nitrogens with zero attached hydrogens (tertiary/aromatic N) is 1. The highest BCUT2D eigenvalue weighted by Gasteiger charge is 2.17. The van der Waals surface area contributed by atoms with Crippen molar-refractivity contribution in [2.24, 2.45) is 5.92 Å². The van der Waals surface area contributed by atoms with Gasteiger partial charge in [-0.3, -0.25) is 4.98 Å². The fourth-order valence-corrected chi connectivity index (χ4v) is 2.56. The Balaban J connectivity index is 2.82. The fourth-order valence-electron chi connectivity index (χ4n) is 1.36. The number of hydrogen-bond donors (Lipinski definition) is 2. The van der Waals surface area contributed by atoms with E-state index in [9.17, 15) is 8.42 Å². The maximum Gasteiger partial charge on any atom is 0.244 e. The first-order valence-electron chi connectivity index (χ1n) is 5.59. The summed E-state index contributed by atoms with van der Waals surface area (Å²) in [7, 11) is -1.79. The van der Waals surface area contributed by atoms with Gasteiger partial charge >= 0.3 is 0 Å². The van der Waals surface area contributed by atoms with Crippen LogP contribution in [0.2, 0.25) is 0 Å². The van der Waals surface area contributed by atoms with Crippen molar-refractivity contribution in [3.05, 3.63) is 18.5 Å². The van der Waals surface area contributed by atoms with Crippen LogP contribution in [0.5, 0.6) is 0 Å². The molecule has 1 aromatic heterocycles. The van der Waals surface area contributed by atoms with Crippen molar-refractivity contribution in [2.75, 3.05) is 18.9 Å². The highest BCUT2D eigenvalue weighted by Crippen LogP contribution is 2.18. The van der Waals surface area contributed by atoms with Crippen LogP contribution < -0.4 is 10.0 Å². The van der Waals surface area contributed by atoms with Crippen molar-refractivity contribution in [1.29, 1.82) is 0 Å². The zero-order chi connectivity index (χ0) is 12.9. The molecule has 6 heteroatoms. The van der Waals surface area contributed by atoms with Crippen molar-refractivity contribution in [3.63, 3.8) is 0 Å².